The molecule has 0 spiro atoms. The molecule has 0 saturated carbocycles. The second kappa shape index (κ2) is 7.04. The molecule has 0 heterocycles. The molecule has 1 aromatic rings. The highest BCUT2D eigenvalue weighted by atomic mass is 16.5. The molecule has 0 radical (unpaired) electrons. The van der Waals surface area contributed by atoms with Gasteiger partial charge in [-0.1, -0.05) is 6.08 Å². The van der Waals surface area contributed by atoms with Gasteiger partial charge in [0, 0.05) is 11.5 Å². The lowest BCUT2D eigenvalue weighted by Gasteiger charge is -2.32. The molecular formula is C18H24O5. The van der Waals surface area contributed by atoms with Gasteiger partial charge in [0.1, 0.15) is 0 Å². The number of hydrogen-bond donors (Lipinski definition) is 1. The molecule has 2 rings (SSSR count). The summed E-state index contributed by atoms with van der Waals surface area (Å²) in [6.07, 6.45) is 4.86. The second-order valence-electron chi connectivity index (χ2n) is 5.91. The zero-order valence-corrected chi connectivity index (χ0v) is 14.1. The fraction of sp³-hybridized carbons (Fsp3) is 0.500. The van der Waals surface area contributed by atoms with Gasteiger partial charge in [0.2, 0.25) is 0 Å². The molecule has 0 aliphatic heterocycles. The van der Waals surface area contributed by atoms with Crippen LogP contribution in [0.1, 0.15) is 30.9 Å². The summed E-state index contributed by atoms with van der Waals surface area (Å²) in [5, 5.41) is 10.7. The fourth-order valence-corrected chi connectivity index (χ4v) is 3.10. The van der Waals surface area contributed by atoms with Gasteiger partial charge in [-0.2, -0.15) is 0 Å². The summed E-state index contributed by atoms with van der Waals surface area (Å²) in [6.45, 7) is 1.92. The number of carbonyl (C=O) groups is 1. The number of aliphatic hydroxyl groups is 1. The van der Waals surface area contributed by atoms with E-state index in [9.17, 15) is 9.90 Å². The molecule has 0 saturated heterocycles. The first-order valence-electron chi connectivity index (χ1n) is 7.67. The Hall–Kier alpha value is -2.01. The average Bonchev–Trinajstić information content (AvgIpc) is 2.69. The zero-order chi connectivity index (χ0) is 17.0. The molecule has 0 fully saturated rings. The van der Waals surface area contributed by atoms with Crippen molar-refractivity contribution >= 4 is 5.97 Å². The van der Waals surface area contributed by atoms with E-state index < -0.39 is 17.5 Å². The number of aryl methyl sites for hydroxylation is 1. The van der Waals surface area contributed by atoms with E-state index in [1.54, 1.807) is 20.3 Å². The van der Waals surface area contributed by atoms with E-state index in [0.29, 0.717) is 17.9 Å². The smallest absolute Gasteiger partial charge is 0.330 e. The molecule has 1 aliphatic carbocycles. The van der Waals surface area contributed by atoms with Gasteiger partial charge in [-0.15, -0.1) is 0 Å². The van der Waals surface area contributed by atoms with E-state index in [1.165, 1.54) is 13.2 Å². The van der Waals surface area contributed by atoms with Crippen molar-refractivity contribution in [2.24, 2.45) is 0 Å². The van der Waals surface area contributed by atoms with Crippen LogP contribution in [0.4, 0.5) is 0 Å². The van der Waals surface area contributed by atoms with Crippen LogP contribution >= 0.6 is 0 Å². The van der Waals surface area contributed by atoms with Crippen molar-refractivity contribution in [3.8, 4) is 11.5 Å². The van der Waals surface area contributed by atoms with Crippen molar-refractivity contribution in [3.63, 3.8) is 0 Å². The maximum atomic E-state index is 11.5. The van der Waals surface area contributed by atoms with Crippen LogP contribution in [0.5, 0.6) is 11.5 Å². The van der Waals surface area contributed by atoms with E-state index in [-0.39, 0.29) is 0 Å². The first-order chi connectivity index (χ1) is 11.0. The number of aliphatic hydroxyl groups excluding tert-OH is 1. The maximum Gasteiger partial charge on any atom is 0.330 e. The number of benzene rings is 1. The molecule has 1 aromatic carbocycles. The van der Waals surface area contributed by atoms with Crippen LogP contribution in [-0.4, -0.2) is 38.5 Å². The predicted octanol–water partition coefficient (Wildman–Crippen LogP) is 2.39. The van der Waals surface area contributed by atoms with Crippen molar-refractivity contribution in [2.45, 2.75) is 37.7 Å². The van der Waals surface area contributed by atoms with Crippen LogP contribution in [0.25, 0.3) is 0 Å². The Morgan fingerprint density at radius 1 is 1.26 bits per heavy atom. The minimum absolute atomic E-state index is 0.440. The number of ether oxygens (including phenoxy) is 3. The molecule has 23 heavy (non-hydrogen) atoms. The van der Waals surface area contributed by atoms with Crippen molar-refractivity contribution in [2.75, 3.05) is 21.3 Å². The molecule has 0 unspecified atom stereocenters. The van der Waals surface area contributed by atoms with Crippen LogP contribution in [0.15, 0.2) is 24.3 Å². The SMILES string of the molecule is COC(=O)/C=C\[C@]1(C)c2cc(OC)c(OC)cc2CCC[C@H]1O. The second-order valence-corrected chi connectivity index (χ2v) is 5.91. The zero-order valence-electron chi connectivity index (χ0n) is 14.1. The van der Waals surface area contributed by atoms with Crippen LogP contribution in [0.2, 0.25) is 0 Å². The Balaban J connectivity index is 2.59. The van der Waals surface area contributed by atoms with Crippen molar-refractivity contribution < 1.29 is 24.1 Å². The maximum absolute atomic E-state index is 11.5. The number of carbonyl (C=O) groups excluding carboxylic acids is 1. The van der Waals surface area contributed by atoms with E-state index in [0.717, 1.165) is 24.0 Å². The van der Waals surface area contributed by atoms with Crippen molar-refractivity contribution in [3.05, 3.63) is 35.4 Å². The van der Waals surface area contributed by atoms with Gasteiger partial charge >= 0.3 is 5.97 Å². The molecular weight excluding hydrogens is 296 g/mol. The molecule has 1 aliphatic rings. The average molecular weight is 320 g/mol. The van der Waals surface area contributed by atoms with Crippen molar-refractivity contribution in [1.82, 2.24) is 0 Å². The Labute approximate surface area is 136 Å². The van der Waals surface area contributed by atoms with E-state index >= 15 is 0 Å². The Kier molecular flexibility index (Phi) is 5.31. The van der Waals surface area contributed by atoms with E-state index in [2.05, 4.69) is 4.74 Å². The molecule has 0 aromatic heterocycles. The molecule has 2 atom stereocenters. The van der Waals surface area contributed by atoms with Gasteiger partial charge in [-0.05, 0) is 49.4 Å². The normalized spacial score (nSPS) is 24.0. The third-order valence-electron chi connectivity index (χ3n) is 4.57. The minimum Gasteiger partial charge on any atom is -0.493 e. The summed E-state index contributed by atoms with van der Waals surface area (Å²) in [5.41, 5.74) is 1.34. The highest BCUT2D eigenvalue weighted by molar-refractivity contribution is 5.82. The summed E-state index contributed by atoms with van der Waals surface area (Å²) in [4.78, 5) is 11.5. The van der Waals surface area contributed by atoms with Gasteiger partial charge < -0.3 is 19.3 Å². The first kappa shape index (κ1) is 17.3. The monoisotopic (exact) mass is 320 g/mol. The predicted molar refractivity (Wildman–Crippen MR) is 87.0 cm³/mol. The standard InChI is InChI=1S/C18H24O5/c1-18(9-8-17(20)23-4)13-11-15(22-3)14(21-2)10-12(13)6-5-7-16(18)19/h8-11,16,19H,5-7H2,1-4H3/b9-8-/t16-,18-/m1/s1. The largest absolute Gasteiger partial charge is 0.493 e. The highest BCUT2D eigenvalue weighted by Gasteiger charge is 2.37. The Morgan fingerprint density at radius 3 is 2.52 bits per heavy atom. The van der Waals surface area contributed by atoms with E-state index in [4.69, 9.17) is 9.47 Å². The Bertz CT molecular complexity index is 608. The minimum atomic E-state index is -0.695. The lowest BCUT2D eigenvalue weighted by molar-refractivity contribution is -0.134. The Morgan fingerprint density at radius 2 is 1.91 bits per heavy atom. The molecule has 0 bridgehead atoms. The lowest BCUT2D eigenvalue weighted by Crippen LogP contribution is -2.34. The molecule has 1 N–H and O–H groups in total. The van der Waals surface area contributed by atoms with Crippen LogP contribution in [-0.2, 0) is 21.4 Å². The van der Waals surface area contributed by atoms with Crippen LogP contribution in [0.3, 0.4) is 0 Å². The summed E-state index contributed by atoms with van der Waals surface area (Å²) in [7, 11) is 4.52. The molecule has 5 nitrogen and oxygen atoms in total. The summed E-state index contributed by atoms with van der Waals surface area (Å²) in [6, 6.07) is 3.85. The van der Waals surface area contributed by atoms with Crippen LogP contribution < -0.4 is 9.47 Å². The van der Waals surface area contributed by atoms with Crippen LogP contribution in [0, 0.1) is 0 Å². The first-order valence-corrected chi connectivity index (χ1v) is 7.67. The number of rotatable bonds is 4. The third-order valence-corrected chi connectivity index (χ3v) is 4.57. The third kappa shape index (κ3) is 3.34. The lowest BCUT2D eigenvalue weighted by atomic mass is 9.75. The van der Waals surface area contributed by atoms with E-state index in [1.807, 2.05) is 19.1 Å². The van der Waals surface area contributed by atoms with Gasteiger partial charge in [-0.3, -0.25) is 0 Å². The molecule has 126 valence electrons. The quantitative estimate of drug-likeness (QED) is 0.524. The number of methoxy groups -OCH3 is 3. The molecule has 0 amide bonds. The van der Waals surface area contributed by atoms with Gasteiger partial charge in [0.05, 0.1) is 27.4 Å². The van der Waals surface area contributed by atoms with Gasteiger partial charge in [0.25, 0.3) is 0 Å². The van der Waals surface area contributed by atoms with Crippen molar-refractivity contribution in [1.29, 1.82) is 0 Å². The van der Waals surface area contributed by atoms with Gasteiger partial charge in [0.15, 0.2) is 11.5 Å². The number of hydrogen-bond acceptors (Lipinski definition) is 5. The number of fused-ring (bicyclic) bond motifs is 1. The molecule has 5 heteroatoms. The summed E-state index contributed by atoms with van der Waals surface area (Å²) >= 11 is 0. The summed E-state index contributed by atoms with van der Waals surface area (Å²) in [5.74, 6) is 0.838. The topological polar surface area (TPSA) is 65.0 Å². The fourth-order valence-electron chi connectivity index (χ4n) is 3.10. The highest BCUT2D eigenvalue weighted by Crippen LogP contribution is 2.42. The summed E-state index contributed by atoms with van der Waals surface area (Å²) < 4.78 is 15.4. The van der Waals surface area contributed by atoms with Gasteiger partial charge in [-0.25, -0.2) is 4.79 Å². The number of esters is 1.